The average Bonchev–Trinajstić information content (AvgIpc) is 3.10. The molecule has 4 heteroatoms. The number of aromatic nitrogens is 2. The summed E-state index contributed by atoms with van der Waals surface area (Å²) in [6.07, 6.45) is 0. The summed E-state index contributed by atoms with van der Waals surface area (Å²) in [4.78, 5) is 12.6. The van der Waals surface area contributed by atoms with Crippen molar-refractivity contribution < 1.29 is 4.79 Å². The van der Waals surface area contributed by atoms with Gasteiger partial charge in [0, 0.05) is 24.2 Å². The van der Waals surface area contributed by atoms with Gasteiger partial charge in [0.1, 0.15) is 5.82 Å². The first-order valence-electron chi connectivity index (χ1n) is 8.77. The Bertz CT molecular complexity index is 1050. The van der Waals surface area contributed by atoms with Crippen LogP contribution in [0.3, 0.4) is 0 Å². The molecule has 0 saturated heterocycles. The highest BCUT2D eigenvalue weighted by Gasteiger charge is 2.12. The minimum absolute atomic E-state index is 0.155. The highest BCUT2D eigenvalue weighted by atomic mass is 16.1. The van der Waals surface area contributed by atoms with E-state index in [1.807, 2.05) is 85.9 Å². The Labute approximate surface area is 158 Å². The van der Waals surface area contributed by atoms with Gasteiger partial charge >= 0.3 is 0 Å². The minimum Gasteiger partial charge on any atom is -0.307 e. The van der Waals surface area contributed by atoms with E-state index in [9.17, 15) is 4.79 Å². The SMILES string of the molecule is Cn1nc(-c2ccccc2)cc1NC(=O)c1ccc(-c2ccccc2)cc1. The summed E-state index contributed by atoms with van der Waals surface area (Å²) in [6.45, 7) is 0. The van der Waals surface area contributed by atoms with Gasteiger partial charge in [0.2, 0.25) is 0 Å². The van der Waals surface area contributed by atoms with Crippen molar-refractivity contribution in [3.63, 3.8) is 0 Å². The number of carbonyl (C=O) groups excluding carboxylic acids is 1. The van der Waals surface area contributed by atoms with Gasteiger partial charge < -0.3 is 5.32 Å². The molecule has 1 N–H and O–H groups in total. The van der Waals surface area contributed by atoms with Gasteiger partial charge in [-0.3, -0.25) is 9.48 Å². The van der Waals surface area contributed by atoms with E-state index in [1.165, 1.54) is 0 Å². The average molecular weight is 353 g/mol. The van der Waals surface area contributed by atoms with E-state index in [4.69, 9.17) is 0 Å². The third-order valence-electron chi connectivity index (χ3n) is 4.45. The third kappa shape index (κ3) is 3.65. The van der Waals surface area contributed by atoms with E-state index >= 15 is 0 Å². The van der Waals surface area contributed by atoms with Gasteiger partial charge in [0.05, 0.1) is 5.69 Å². The van der Waals surface area contributed by atoms with Crippen LogP contribution in [0.5, 0.6) is 0 Å². The highest BCUT2D eigenvalue weighted by Crippen LogP contribution is 2.22. The number of anilines is 1. The number of carbonyl (C=O) groups is 1. The van der Waals surface area contributed by atoms with Gasteiger partial charge in [-0.15, -0.1) is 0 Å². The fraction of sp³-hybridized carbons (Fsp3) is 0.0435. The van der Waals surface area contributed by atoms with Crippen molar-refractivity contribution in [1.29, 1.82) is 0 Å². The topological polar surface area (TPSA) is 46.9 Å². The van der Waals surface area contributed by atoms with Crippen molar-refractivity contribution in [2.45, 2.75) is 0 Å². The normalized spacial score (nSPS) is 10.6. The molecule has 0 radical (unpaired) electrons. The van der Waals surface area contributed by atoms with Crippen molar-refractivity contribution in [2.24, 2.45) is 7.05 Å². The van der Waals surface area contributed by atoms with Crippen LogP contribution in [0.1, 0.15) is 10.4 Å². The Morgan fingerprint density at radius 1 is 0.778 bits per heavy atom. The number of benzene rings is 3. The van der Waals surface area contributed by atoms with Crippen LogP contribution in [0.25, 0.3) is 22.4 Å². The summed E-state index contributed by atoms with van der Waals surface area (Å²) in [5.74, 6) is 0.503. The van der Waals surface area contributed by atoms with Crippen LogP contribution in [0.4, 0.5) is 5.82 Å². The Kier molecular flexibility index (Phi) is 4.54. The molecule has 0 aliphatic heterocycles. The van der Waals surface area contributed by atoms with Crippen LogP contribution in [-0.4, -0.2) is 15.7 Å². The van der Waals surface area contributed by atoms with Crippen molar-refractivity contribution in [1.82, 2.24) is 9.78 Å². The Hall–Kier alpha value is -3.66. The Morgan fingerprint density at radius 3 is 1.96 bits per heavy atom. The molecule has 0 bridgehead atoms. The Balaban J connectivity index is 1.52. The summed E-state index contributed by atoms with van der Waals surface area (Å²) >= 11 is 0. The summed E-state index contributed by atoms with van der Waals surface area (Å²) in [5, 5.41) is 7.42. The van der Waals surface area contributed by atoms with Gasteiger partial charge in [0.15, 0.2) is 0 Å². The van der Waals surface area contributed by atoms with Gasteiger partial charge in [0.25, 0.3) is 5.91 Å². The van der Waals surface area contributed by atoms with Crippen molar-refractivity contribution in [3.05, 3.63) is 96.6 Å². The summed E-state index contributed by atoms with van der Waals surface area (Å²) in [5.41, 5.74) is 4.66. The molecule has 0 spiro atoms. The number of amides is 1. The molecule has 0 fully saturated rings. The fourth-order valence-corrected chi connectivity index (χ4v) is 2.97. The molecule has 4 aromatic rings. The van der Waals surface area contributed by atoms with Gasteiger partial charge in [-0.25, -0.2) is 0 Å². The summed E-state index contributed by atoms with van der Waals surface area (Å²) < 4.78 is 1.68. The lowest BCUT2D eigenvalue weighted by molar-refractivity contribution is 0.102. The molecule has 3 aromatic carbocycles. The van der Waals surface area contributed by atoms with Crippen molar-refractivity contribution in [3.8, 4) is 22.4 Å². The number of hydrogen-bond donors (Lipinski definition) is 1. The molecule has 4 nitrogen and oxygen atoms in total. The quantitative estimate of drug-likeness (QED) is 0.561. The molecule has 1 heterocycles. The zero-order chi connectivity index (χ0) is 18.6. The standard InChI is InChI=1S/C23H19N3O/c1-26-22(16-21(25-26)19-10-6-3-7-11-19)24-23(27)20-14-12-18(13-15-20)17-8-4-2-5-9-17/h2-16H,1H3,(H,24,27). The lowest BCUT2D eigenvalue weighted by Gasteiger charge is -2.06. The van der Waals surface area contributed by atoms with Gasteiger partial charge in [-0.1, -0.05) is 72.8 Å². The lowest BCUT2D eigenvalue weighted by atomic mass is 10.0. The molecule has 27 heavy (non-hydrogen) atoms. The van der Waals surface area contributed by atoms with E-state index in [1.54, 1.807) is 4.68 Å². The summed E-state index contributed by atoms with van der Waals surface area (Å²) in [6, 6.07) is 29.5. The maximum atomic E-state index is 12.6. The van der Waals surface area contributed by atoms with Crippen molar-refractivity contribution in [2.75, 3.05) is 5.32 Å². The molecule has 0 saturated carbocycles. The maximum Gasteiger partial charge on any atom is 0.256 e. The van der Waals surface area contributed by atoms with Crippen LogP contribution in [0.15, 0.2) is 91.0 Å². The molecule has 1 amide bonds. The number of hydrogen-bond acceptors (Lipinski definition) is 2. The maximum absolute atomic E-state index is 12.6. The minimum atomic E-state index is -0.155. The second-order valence-corrected chi connectivity index (χ2v) is 6.30. The molecule has 132 valence electrons. The first-order chi connectivity index (χ1) is 13.2. The van der Waals surface area contributed by atoms with E-state index in [0.29, 0.717) is 11.4 Å². The smallest absolute Gasteiger partial charge is 0.256 e. The zero-order valence-corrected chi connectivity index (χ0v) is 15.0. The van der Waals surface area contributed by atoms with E-state index in [2.05, 4.69) is 22.5 Å². The second-order valence-electron chi connectivity index (χ2n) is 6.30. The van der Waals surface area contributed by atoms with Crippen LogP contribution in [0.2, 0.25) is 0 Å². The lowest BCUT2D eigenvalue weighted by Crippen LogP contribution is -2.14. The molecule has 0 aliphatic rings. The first-order valence-corrected chi connectivity index (χ1v) is 8.77. The highest BCUT2D eigenvalue weighted by molar-refractivity contribution is 6.04. The van der Waals surface area contributed by atoms with E-state index < -0.39 is 0 Å². The van der Waals surface area contributed by atoms with E-state index in [-0.39, 0.29) is 5.91 Å². The molecule has 0 aliphatic carbocycles. The third-order valence-corrected chi connectivity index (χ3v) is 4.45. The Morgan fingerprint density at radius 2 is 1.33 bits per heavy atom. The molecule has 1 aromatic heterocycles. The molecule has 4 rings (SSSR count). The predicted molar refractivity (Wildman–Crippen MR) is 108 cm³/mol. The number of aryl methyl sites for hydroxylation is 1. The predicted octanol–water partition coefficient (Wildman–Crippen LogP) is 5.01. The van der Waals surface area contributed by atoms with Crippen LogP contribution < -0.4 is 5.32 Å². The fourth-order valence-electron chi connectivity index (χ4n) is 2.97. The number of rotatable bonds is 4. The number of nitrogens with zero attached hydrogens (tertiary/aromatic N) is 2. The van der Waals surface area contributed by atoms with Crippen molar-refractivity contribution >= 4 is 11.7 Å². The molecular weight excluding hydrogens is 334 g/mol. The molecular formula is C23H19N3O. The second kappa shape index (κ2) is 7.30. The zero-order valence-electron chi connectivity index (χ0n) is 15.0. The van der Waals surface area contributed by atoms with Gasteiger partial charge in [-0.05, 0) is 23.3 Å². The first kappa shape index (κ1) is 16.8. The summed E-state index contributed by atoms with van der Waals surface area (Å²) in [7, 11) is 1.82. The number of nitrogens with one attached hydrogen (secondary N) is 1. The van der Waals surface area contributed by atoms with Crippen LogP contribution >= 0.6 is 0 Å². The molecule has 0 atom stereocenters. The van der Waals surface area contributed by atoms with Crippen LogP contribution in [0, 0.1) is 0 Å². The van der Waals surface area contributed by atoms with Gasteiger partial charge in [-0.2, -0.15) is 5.10 Å². The van der Waals surface area contributed by atoms with Crippen LogP contribution in [-0.2, 0) is 7.05 Å². The monoisotopic (exact) mass is 353 g/mol. The molecule has 0 unspecified atom stereocenters. The largest absolute Gasteiger partial charge is 0.307 e. The van der Waals surface area contributed by atoms with E-state index in [0.717, 1.165) is 22.4 Å².